The number of phenolic OH excluding ortho intramolecular Hbond substituents is 2. The molecule has 5 heteroatoms. The Bertz CT molecular complexity index is 749. The van der Waals surface area contributed by atoms with Crippen LogP contribution in [-0.4, -0.2) is 46.5 Å². The summed E-state index contributed by atoms with van der Waals surface area (Å²) in [4.78, 5) is 2.33. The first-order valence-electron chi connectivity index (χ1n) is 9.59. The van der Waals surface area contributed by atoms with Crippen molar-refractivity contribution in [2.75, 3.05) is 20.2 Å². The van der Waals surface area contributed by atoms with Gasteiger partial charge in [0.25, 0.3) is 0 Å². The normalized spacial score (nSPS) is 19.1. The largest absolute Gasteiger partial charge is 0.508 e. The molecule has 2 atom stereocenters. The highest BCUT2D eigenvalue weighted by molar-refractivity contribution is 5.35. The summed E-state index contributed by atoms with van der Waals surface area (Å²) < 4.78 is 5.27. The summed E-state index contributed by atoms with van der Waals surface area (Å²) in [6.45, 7) is 2.27. The van der Waals surface area contributed by atoms with E-state index >= 15 is 0 Å². The van der Waals surface area contributed by atoms with Crippen molar-refractivity contribution in [3.05, 3.63) is 59.2 Å². The lowest BCUT2D eigenvalue weighted by molar-refractivity contribution is 0.0254. The molecule has 0 radical (unpaired) electrons. The molecule has 0 spiro atoms. The number of aliphatic hydroxyl groups is 1. The first kappa shape index (κ1) is 19.7. The highest BCUT2D eigenvalue weighted by Gasteiger charge is 2.29. The van der Waals surface area contributed by atoms with E-state index in [1.807, 2.05) is 12.1 Å². The molecule has 2 aromatic carbocycles. The van der Waals surface area contributed by atoms with Gasteiger partial charge in [0.15, 0.2) is 0 Å². The van der Waals surface area contributed by atoms with Crippen LogP contribution in [0.1, 0.15) is 42.1 Å². The van der Waals surface area contributed by atoms with Crippen molar-refractivity contribution in [1.82, 2.24) is 4.90 Å². The molecular formula is C22H29NO4. The van der Waals surface area contributed by atoms with Gasteiger partial charge in [0.05, 0.1) is 12.7 Å². The number of piperidine rings is 1. The number of methoxy groups -OCH3 is 1. The predicted molar refractivity (Wildman–Crippen MR) is 105 cm³/mol. The van der Waals surface area contributed by atoms with E-state index in [4.69, 9.17) is 4.74 Å². The summed E-state index contributed by atoms with van der Waals surface area (Å²) in [6.07, 6.45) is 3.31. The quantitative estimate of drug-likeness (QED) is 0.696. The van der Waals surface area contributed by atoms with E-state index < -0.39 is 6.10 Å². The summed E-state index contributed by atoms with van der Waals surface area (Å²) in [7, 11) is 1.67. The number of phenols is 2. The highest BCUT2D eigenvalue weighted by Crippen LogP contribution is 2.30. The molecular weight excluding hydrogens is 342 g/mol. The van der Waals surface area contributed by atoms with Crippen LogP contribution in [0.5, 0.6) is 11.5 Å². The molecule has 0 amide bonds. The van der Waals surface area contributed by atoms with Crippen LogP contribution in [-0.2, 0) is 17.8 Å². The highest BCUT2D eigenvalue weighted by atomic mass is 16.5. The molecule has 2 aromatic rings. The first-order valence-corrected chi connectivity index (χ1v) is 9.59. The van der Waals surface area contributed by atoms with Gasteiger partial charge in [0, 0.05) is 19.7 Å². The van der Waals surface area contributed by atoms with Crippen LogP contribution in [0.25, 0.3) is 0 Å². The minimum Gasteiger partial charge on any atom is -0.508 e. The number of benzene rings is 2. The molecule has 5 nitrogen and oxygen atoms in total. The molecule has 1 aliphatic rings. The van der Waals surface area contributed by atoms with Crippen molar-refractivity contribution < 1.29 is 20.1 Å². The van der Waals surface area contributed by atoms with Gasteiger partial charge >= 0.3 is 0 Å². The number of hydrogen-bond donors (Lipinski definition) is 3. The fourth-order valence-electron chi connectivity index (χ4n) is 3.99. The molecule has 0 aliphatic carbocycles. The second-order valence-corrected chi connectivity index (χ2v) is 7.27. The van der Waals surface area contributed by atoms with Crippen molar-refractivity contribution in [2.45, 2.75) is 44.4 Å². The lowest BCUT2D eigenvalue weighted by Crippen LogP contribution is -2.44. The van der Waals surface area contributed by atoms with E-state index in [0.29, 0.717) is 6.61 Å². The fraction of sp³-hybridized carbons (Fsp3) is 0.455. The summed E-state index contributed by atoms with van der Waals surface area (Å²) in [5.41, 5.74) is 2.91. The van der Waals surface area contributed by atoms with Crippen LogP contribution in [0.15, 0.2) is 42.5 Å². The average molecular weight is 371 g/mol. The monoisotopic (exact) mass is 371 g/mol. The topological polar surface area (TPSA) is 73.2 Å². The Labute approximate surface area is 160 Å². The van der Waals surface area contributed by atoms with Crippen molar-refractivity contribution in [3.8, 4) is 11.5 Å². The molecule has 0 aromatic heterocycles. The van der Waals surface area contributed by atoms with Crippen molar-refractivity contribution in [1.29, 1.82) is 0 Å². The van der Waals surface area contributed by atoms with E-state index in [-0.39, 0.29) is 17.5 Å². The minimum absolute atomic E-state index is 0.0312. The van der Waals surface area contributed by atoms with E-state index in [0.717, 1.165) is 55.5 Å². The van der Waals surface area contributed by atoms with Crippen LogP contribution >= 0.6 is 0 Å². The van der Waals surface area contributed by atoms with E-state index in [2.05, 4.69) is 4.90 Å². The summed E-state index contributed by atoms with van der Waals surface area (Å²) >= 11 is 0. The third kappa shape index (κ3) is 5.01. The average Bonchev–Trinajstić information content (AvgIpc) is 2.68. The molecule has 1 saturated heterocycles. The van der Waals surface area contributed by atoms with Gasteiger partial charge < -0.3 is 20.1 Å². The lowest BCUT2D eigenvalue weighted by Gasteiger charge is -2.38. The van der Waals surface area contributed by atoms with Crippen molar-refractivity contribution >= 4 is 0 Å². The zero-order chi connectivity index (χ0) is 19.2. The molecule has 0 bridgehead atoms. The first-order chi connectivity index (χ1) is 13.1. The van der Waals surface area contributed by atoms with E-state index in [1.54, 1.807) is 37.4 Å². The molecule has 1 aliphatic heterocycles. The van der Waals surface area contributed by atoms with Gasteiger partial charge in [-0.3, -0.25) is 4.90 Å². The van der Waals surface area contributed by atoms with E-state index in [1.165, 1.54) is 0 Å². The Morgan fingerprint density at radius 3 is 2.67 bits per heavy atom. The molecule has 1 heterocycles. The maximum atomic E-state index is 10.9. The van der Waals surface area contributed by atoms with Crippen LogP contribution in [0.3, 0.4) is 0 Å². The number of hydrogen-bond acceptors (Lipinski definition) is 5. The SMILES string of the molecule is COCc1ccc(O)cc1CCN1CCCC[C@H]1[C@H](O)c1cccc(O)c1. The number of nitrogens with zero attached hydrogens (tertiary/aromatic N) is 1. The Hall–Kier alpha value is -2.08. The second-order valence-electron chi connectivity index (χ2n) is 7.27. The third-order valence-electron chi connectivity index (χ3n) is 5.40. The third-order valence-corrected chi connectivity index (χ3v) is 5.40. The van der Waals surface area contributed by atoms with Crippen molar-refractivity contribution in [3.63, 3.8) is 0 Å². The molecule has 0 saturated carbocycles. The number of likely N-dealkylation sites (tertiary alicyclic amines) is 1. The lowest BCUT2D eigenvalue weighted by atomic mass is 9.92. The predicted octanol–water partition coefficient (Wildman–Crippen LogP) is 3.37. The molecule has 1 fully saturated rings. The molecule has 0 unspecified atom stereocenters. The van der Waals surface area contributed by atoms with E-state index in [9.17, 15) is 15.3 Å². The maximum Gasteiger partial charge on any atom is 0.115 e. The Morgan fingerprint density at radius 1 is 1.07 bits per heavy atom. The van der Waals surface area contributed by atoms with Crippen LogP contribution < -0.4 is 0 Å². The molecule has 3 N–H and O–H groups in total. The Morgan fingerprint density at radius 2 is 1.89 bits per heavy atom. The standard InChI is InChI=1S/C22H29NO4/c1-27-15-18-8-9-20(25)13-16(18)10-12-23-11-3-2-7-21(23)22(26)17-5-4-6-19(24)14-17/h4-6,8-9,13-14,21-22,24-26H,2-3,7,10-12,15H2,1H3/t21-,22+/m0/s1. The number of aliphatic hydroxyl groups excluding tert-OH is 1. The minimum atomic E-state index is -0.625. The molecule has 146 valence electrons. The van der Waals surface area contributed by atoms with Gasteiger partial charge in [0.1, 0.15) is 11.5 Å². The number of rotatable bonds is 7. The second kappa shape index (κ2) is 9.22. The van der Waals surface area contributed by atoms with Gasteiger partial charge in [-0.15, -0.1) is 0 Å². The summed E-state index contributed by atoms with van der Waals surface area (Å²) in [6, 6.07) is 12.3. The maximum absolute atomic E-state index is 10.9. The Kier molecular flexibility index (Phi) is 6.72. The van der Waals surface area contributed by atoms with Gasteiger partial charge in [-0.2, -0.15) is 0 Å². The van der Waals surface area contributed by atoms with Crippen molar-refractivity contribution in [2.24, 2.45) is 0 Å². The van der Waals surface area contributed by atoms with Gasteiger partial charge in [-0.25, -0.2) is 0 Å². The fourth-order valence-corrected chi connectivity index (χ4v) is 3.99. The summed E-state index contributed by atoms with van der Waals surface area (Å²) in [5.74, 6) is 0.442. The van der Waals surface area contributed by atoms with Crippen LogP contribution in [0.4, 0.5) is 0 Å². The Balaban J connectivity index is 1.72. The van der Waals surface area contributed by atoms with Gasteiger partial charge in [-0.05, 0) is 66.8 Å². The number of ether oxygens (including phenoxy) is 1. The smallest absolute Gasteiger partial charge is 0.115 e. The van der Waals surface area contributed by atoms with Gasteiger partial charge in [0.2, 0.25) is 0 Å². The van der Waals surface area contributed by atoms with Crippen LogP contribution in [0, 0.1) is 0 Å². The summed E-state index contributed by atoms with van der Waals surface area (Å²) in [5, 5.41) is 30.5. The number of aromatic hydroxyl groups is 2. The zero-order valence-electron chi connectivity index (χ0n) is 15.8. The zero-order valence-corrected chi connectivity index (χ0v) is 15.8. The van der Waals surface area contributed by atoms with Gasteiger partial charge in [-0.1, -0.05) is 24.6 Å². The molecule has 27 heavy (non-hydrogen) atoms. The molecule has 3 rings (SSSR count). The van der Waals surface area contributed by atoms with Crippen LogP contribution in [0.2, 0.25) is 0 Å².